The smallest absolute Gasteiger partial charge is 0.257 e. The molecule has 1 saturated heterocycles. The lowest BCUT2D eigenvalue weighted by Gasteiger charge is -2.26. The molecule has 4 aromatic rings. The highest BCUT2D eigenvalue weighted by Gasteiger charge is 2.44. The highest BCUT2D eigenvalue weighted by molar-refractivity contribution is 7.21. The van der Waals surface area contributed by atoms with Crippen molar-refractivity contribution >= 4 is 45.0 Å². The monoisotopic (exact) mass is 511 g/mol. The van der Waals surface area contributed by atoms with E-state index in [0.717, 1.165) is 25.7 Å². The molecule has 1 aromatic heterocycles. The summed E-state index contributed by atoms with van der Waals surface area (Å²) in [6.07, 6.45) is 1.46. The number of fused-ring (bicyclic) bond motifs is 1. The van der Waals surface area contributed by atoms with Gasteiger partial charge < -0.3 is 9.64 Å². The summed E-state index contributed by atoms with van der Waals surface area (Å²) in [5.41, 5.74) is 3.88. The number of nitrogens with zero attached hydrogens (tertiary/aromatic N) is 3. The van der Waals surface area contributed by atoms with Gasteiger partial charge in [-0.2, -0.15) is 0 Å². The lowest BCUT2D eigenvalue weighted by Crippen LogP contribution is -2.45. The summed E-state index contributed by atoms with van der Waals surface area (Å²) in [6, 6.07) is 19.1. The molecule has 1 aliphatic heterocycles. The van der Waals surface area contributed by atoms with Gasteiger partial charge in [-0.05, 0) is 73.2 Å². The van der Waals surface area contributed by atoms with E-state index in [9.17, 15) is 14.4 Å². The van der Waals surface area contributed by atoms with Gasteiger partial charge in [-0.3, -0.25) is 14.4 Å². The van der Waals surface area contributed by atoms with E-state index in [-0.39, 0.29) is 24.8 Å². The van der Waals surface area contributed by atoms with Crippen LogP contribution in [0.4, 0.5) is 5.69 Å². The maximum atomic E-state index is 13.4. The van der Waals surface area contributed by atoms with Crippen LogP contribution in [0.5, 0.6) is 5.75 Å². The number of rotatable bonds is 7. The normalized spacial score (nSPS) is 15.3. The van der Waals surface area contributed by atoms with Gasteiger partial charge in [0.25, 0.3) is 11.8 Å². The first-order valence-corrected chi connectivity index (χ1v) is 12.6. The van der Waals surface area contributed by atoms with Crippen LogP contribution in [0.25, 0.3) is 20.8 Å². The third-order valence-electron chi connectivity index (χ3n) is 6.34. The molecule has 5 rings (SSSR count). The molecular weight excluding hydrogens is 486 g/mol. The van der Waals surface area contributed by atoms with Crippen molar-refractivity contribution in [1.82, 2.24) is 9.88 Å². The predicted octanol–water partition coefficient (Wildman–Crippen LogP) is 5.24. The van der Waals surface area contributed by atoms with E-state index in [1.807, 2.05) is 31.2 Å². The van der Waals surface area contributed by atoms with Crippen LogP contribution in [0, 0.1) is 6.92 Å². The summed E-state index contributed by atoms with van der Waals surface area (Å²) >= 11 is 1.60. The molecule has 1 aliphatic rings. The number of hydrogen-bond acceptors (Lipinski definition) is 6. The molecule has 8 heteroatoms. The van der Waals surface area contributed by atoms with Crippen LogP contribution in [0.3, 0.4) is 0 Å². The molecule has 0 radical (unpaired) electrons. The Kier molecular flexibility index (Phi) is 6.58. The van der Waals surface area contributed by atoms with Crippen LogP contribution in [0.1, 0.15) is 22.3 Å². The molecule has 0 N–H and O–H groups in total. The number of anilines is 1. The zero-order valence-electron chi connectivity index (χ0n) is 20.5. The van der Waals surface area contributed by atoms with Gasteiger partial charge in [-0.1, -0.05) is 12.1 Å². The van der Waals surface area contributed by atoms with E-state index < -0.39 is 11.9 Å². The summed E-state index contributed by atoms with van der Waals surface area (Å²) in [5.74, 6) is -0.516. The van der Waals surface area contributed by atoms with Crippen molar-refractivity contribution in [2.24, 2.45) is 0 Å². The molecule has 3 aromatic carbocycles. The van der Waals surface area contributed by atoms with E-state index in [4.69, 9.17) is 9.72 Å². The second kappa shape index (κ2) is 9.99. The molecule has 0 spiro atoms. The van der Waals surface area contributed by atoms with Gasteiger partial charge >= 0.3 is 0 Å². The lowest BCUT2D eigenvalue weighted by molar-refractivity contribution is -0.122. The standard InChI is InChI=1S/C29H25N3O4S/c1-4-15-31(28(34)20-8-12-22(36-3)13-9-20)24-17-26(33)32(29(24)35)21-10-6-19(7-11-21)27-30-23-14-5-18(2)16-25(23)37-27/h4-14,16,24H,1,15,17H2,2-3H3. The van der Waals surface area contributed by atoms with Crippen molar-refractivity contribution in [2.75, 3.05) is 18.6 Å². The Morgan fingerprint density at radius 1 is 1.14 bits per heavy atom. The Labute approximate surface area is 218 Å². The zero-order chi connectivity index (χ0) is 26.1. The van der Waals surface area contributed by atoms with Crippen molar-refractivity contribution in [3.05, 3.63) is 90.5 Å². The van der Waals surface area contributed by atoms with Crippen LogP contribution in [-0.2, 0) is 9.59 Å². The van der Waals surface area contributed by atoms with Crippen molar-refractivity contribution in [1.29, 1.82) is 0 Å². The average molecular weight is 512 g/mol. The summed E-state index contributed by atoms with van der Waals surface area (Å²) in [5, 5.41) is 0.867. The fraction of sp³-hybridized carbons (Fsp3) is 0.172. The first-order chi connectivity index (χ1) is 17.9. The van der Waals surface area contributed by atoms with Gasteiger partial charge in [0.1, 0.15) is 16.8 Å². The molecule has 0 bridgehead atoms. The Morgan fingerprint density at radius 3 is 2.54 bits per heavy atom. The van der Waals surface area contributed by atoms with Crippen LogP contribution < -0.4 is 9.64 Å². The Balaban J connectivity index is 1.38. The first kappa shape index (κ1) is 24.4. The Bertz CT molecular complexity index is 1510. The minimum atomic E-state index is -0.910. The maximum absolute atomic E-state index is 13.4. The van der Waals surface area contributed by atoms with Crippen molar-refractivity contribution in [2.45, 2.75) is 19.4 Å². The fourth-order valence-corrected chi connectivity index (χ4v) is 5.50. The minimum absolute atomic E-state index is 0.0897. The Morgan fingerprint density at radius 2 is 1.86 bits per heavy atom. The average Bonchev–Trinajstić information content (AvgIpc) is 3.46. The quantitative estimate of drug-likeness (QED) is 0.250. The Hall–Kier alpha value is -4.30. The number of aryl methyl sites for hydroxylation is 1. The molecule has 3 amide bonds. The van der Waals surface area contributed by atoms with Crippen molar-refractivity contribution in [3.8, 4) is 16.3 Å². The van der Waals surface area contributed by atoms with Crippen LogP contribution in [-0.4, -0.2) is 47.3 Å². The van der Waals surface area contributed by atoms with Gasteiger partial charge in [0.15, 0.2) is 0 Å². The molecule has 1 fully saturated rings. The largest absolute Gasteiger partial charge is 0.497 e. The van der Waals surface area contributed by atoms with Crippen LogP contribution in [0.15, 0.2) is 79.4 Å². The van der Waals surface area contributed by atoms with Crippen LogP contribution in [0.2, 0.25) is 0 Å². The zero-order valence-corrected chi connectivity index (χ0v) is 21.3. The van der Waals surface area contributed by atoms with E-state index in [0.29, 0.717) is 17.0 Å². The summed E-state index contributed by atoms with van der Waals surface area (Å²) in [6.45, 7) is 5.91. The number of imide groups is 1. The number of hydrogen-bond donors (Lipinski definition) is 0. The number of ether oxygens (including phenoxy) is 1. The minimum Gasteiger partial charge on any atom is -0.497 e. The predicted molar refractivity (Wildman–Crippen MR) is 145 cm³/mol. The number of methoxy groups -OCH3 is 1. The molecule has 2 heterocycles. The maximum Gasteiger partial charge on any atom is 0.257 e. The molecule has 0 aliphatic carbocycles. The number of carbonyl (C=O) groups excluding carboxylic acids is 3. The SMILES string of the molecule is C=CCN(C(=O)c1ccc(OC)cc1)C1CC(=O)N(c2ccc(-c3nc4ccc(C)cc4s3)cc2)C1=O. The molecule has 1 unspecified atom stereocenters. The highest BCUT2D eigenvalue weighted by Crippen LogP contribution is 2.33. The van der Waals surface area contributed by atoms with Gasteiger partial charge in [-0.25, -0.2) is 9.88 Å². The topological polar surface area (TPSA) is 79.8 Å². The third-order valence-corrected chi connectivity index (χ3v) is 7.41. The number of benzene rings is 3. The van der Waals surface area contributed by atoms with Crippen molar-refractivity contribution in [3.63, 3.8) is 0 Å². The van der Waals surface area contributed by atoms with Crippen molar-refractivity contribution < 1.29 is 19.1 Å². The summed E-state index contributed by atoms with van der Waals surface area (Å²) in [4.78, 5) is 46.9. The van der Waals surface area contributed by atoms with Gasteiger partial charge in [0, 0.05) is 17.7 Å². The number of amides is 3. The second-order valence-electron chi connectivity index (χ2n) is 8.80. The van der Waals surface area contributed by atoms with E-state index in [1.54, 1.807) is 60.9 Å². The molecule has 7 nitrogen and oxygen atoms in total. The van der Waals surface area contributed by atoms with E-state index in [2.05, 4.69) is 12.6 Å². The molecule has 0 saturated carbocycles. The summed E-state index contributed by atoms with van der Waals surface area (Å²) in [7, 11) is 1.55. The van der Waals surface area contributed by atoms with Gasteiger partial charge in [-0.15, -0.1) is 17.9 Å². The number of carbonyl (C=O) groups is 3. The van der Waals surface area contributed by atoms with Gasteiger partial charge in [0.05, 0.1) is 29.4 Å². The van der Waals surface area contributed by atoms with Gasteiger partial charge in [0.2, 0.25) is 5.91 Å². The third kappa shape index (κ3) is 4.63. The molecule has 1 atom stereocenters. The lowest BCUT2D eigenvalue weighted by atomic mass is 10.1. The van der Waals surface area contributed by atoms with E-state index in [1.165, 1.54) is 10.5 Å². The molecular formula is C29H25N3O4S. The number of thiazole rings is 1. The number of aromatic nitrogens is 1. The van der Waals surface area contributed by atoms with E-state index >= 15 is 0 Å². The highest BCUT2D eigenvalue weighted by atomic mass is 32.1. The molecule has 37 heavy (non-hydrogen) atoms. The van der Waals surface area contributed by atoms with Crippen LogP contribution >= 0.6 is 11.3 Å². The first-order valence-electron chi connectivity index (χ1n) is 11.8. The molecule has 186 valence electrons. The fourth-order valence-electron chi connectivity index (χ4n) is 4.43. The summed E-state index contributed by atoms with van der Waals surface area (Å²) < 4.78 is 6.26. The second-order valence-corrected chi connectivity index (χ2v) is 9.83.